The van der Waals surface area contributed by atoms with E-state index < -0.39 is 5.60 Å². The van der Waals surface area contributed by atoms with Crippen molar-refractivity contribution in [1.82, 2.24) is 5.32 Å². The van der Waals surface area contributed by atoms with Crippen LogP contribution in [0, 0.1) is 0 Å². The third-order valence-electron chi connectivity index (χ3n) is 3.98. The van der Waals surface area contributed by atoms with E-state index in [1.807, 2.05) is 32.9 Å². The normalized spacial score (nSPS) is 18.5. The van der Waals surface area contributed by atoms with Crippen LogP contribution in [0.1, 0.15) is 39.2 Å². The van der Waals surface area contributed by atoms with Gasteiger partial charge in [-0.15, -0.1) is 0 Å². The minimum atomic E-state index is -0.474. The molecule has 1 fully saturated rings. The summed E-state index contributed by atoms with van der Waals surface area (Å²) < 4.78 is 16.5. The van der Waals surface area contributed by atoms with Crippen molar-refractivity contribution in [2.75, 3.05) is 19.8 Å². The van der Waals surface area contributed by atoms with E-state index in [1.165, 1.54) is 5.56 Å². The molecule has 120 valence electrons. The van der Waals surface area contributed by atoms with Gasteiger partial charge in [-0.25, -0.2) is 4.79 Å². The fourth-order valence-electron chi connectivity index (χ4n) is 2.65. The van der Waals surface area contributed by atoms with Crippen molar-refractivity contribution in [3.63, 3.8) is 0 Å². The van der Waals surface area contributed by atoms with Crippen molar-refractivity contribution in [1.29, 1.82) is 0 Å². The third kappa shape index (κ3) is 3.29. The van der Waals surface area contributed by atoms with Crippen LogP contribution in [0.4, 0.5) is 4.79 Å². The molecule has 1 aromatic rings. The van der Waals surface area contributed by atoms with Crippen LogP contribution in [0.5, 0.6) is 11.5 Å². The molecule has 1 N–H and O–H groups in total. The zero-order chi connectivity index (χ0) is 15.8. The molecule has 0 atom stereocenters. The lowest BCUT2D eigenvalue weighted by Crippen LogP contribution is -2.37. The number of ether oxygens (including phenoxy) is 3. The van der Waals surface area contributed by atoms with Crippen LogP contribution in [0.3, 0.4) is 0 Å². The smallest absolute Gasteiger partial charge is 0.407 e. The van der Waals surface area contributed by atoms with Crippen LogP contribution in [0.25, 0.3) is 0 Å². The molecule has 1 aromatic carbocycles. The van der Waals surface area contributed by atoms with Crippen molar-refractivity contribution in [3.05, 3.63) is 23.8 Å². The standard InChI is InChI=1S/C17H23NO4/c1-16(2,3)22-15(19)18-11-17(6-7-17)12-4-5-13-14(10-12)21-9-8-20-13/h4-5,10H,6-9,11H2,1-3H3,(H,18,19). The molecule has 3 rings (SSSR count). The summed E-state index contributed by atoms with van der Waals surface area (Å²) in [5.41, 5.74) is 0.720. The lowest BCUT2D eigenvalue weighted by Gasteiger charge is -2.23. The average molecular weight is 305 g/mol. The molecule has 0 saturated heterocycles. The second kappa shape index (κ2) is 5.38. The predicted molar refractivity (Wildman–Crippen MR) is 82.6 cm³/mol. The predicted octanol–water partition coefficient (Wildman–Crippen LogP) is 3.01. The van der Waals surface area contributed by atoms with Gasteiger partial charge in [-0.3, -0.25) is 0 Å². The van der Waals surface area contributed by atoms with Crippen molar-refractivity contribution < 1.29 is 19.0 Å². The first-order valence-electron chi connectivity index (χ1n) is 7.75. The molecule has 1 heterocycles. The topological polar surface area (TPSA) is 56.8 Å². The Balaban J connectivity index is 1.65. The molecular formula is C17H23NO4. The van der Waals surface area contributed by atoms with E-state index in [2.05, 4.69) is 11.4 Å². The number of fused-ring (bicyclic) bond motifs is 1. The van der Waals surface area contributed by atoms with Gasteiger partial charge in [0.1, 0.15) is 18.8 Å². The SMILES string of the molecule is CC(C)(C)OC(=O)NCC1(c2ccc3c(c2)OCCO3)CC1. The summed E-state index contributed by atoms with van der Waals surface area (Å²) in [6, 6.07) is 6.06. The summed E-state index contributed by atoms with van der Waals surface area (Å²) in [7, 11) is 0. The zero-order valence-corrected chi connectivity index (χ0v) is 13.4. The summed E-state index contributed by atoms with van der Waals surface area (Å²) in [5, 5.41) is 2.89. The maximum absolute atomic E-state index is 11.8. The lowest BCUT2D eigenvalue weighted by atomic mass is 9.95. The van der Waals surface area contributed by atoms with Crippen LogP contribution < -0.4 is 14.8 Å². The summed E-state index contributed by atoms with van der Waals surface area (Å²) in [5.74, 6) is 1.60. The number of hydrogen-bond donors (Lipinski definition) is 1. The minimum Gasteiger partial charge on any atom is -0.486 e. The Bertz CT molecular complexity index is 573. The molecule has 0 radical (unpaired) electrons. The Hall–Kier alpha value is -1.91. The Labute approximate surface area is 130 Å². The number of carbonyl (C=O) groups is 1. The van der Waals surface area contributed by atoms with Gasteiger partial charge in [0.25, 0.3) is 0 Å². The first kappa shape index (κ1) is 15.0. The Morgan fingerprint density at radius 1 is 1.23 bits per heavy atom. The number of hydrogen-bond acceptors (Lipinski definition) is 4. The van der Waals surface area contributed by atoms with Crippen LogP contribution >= 0.6 is 0 Å². The van der Waals surface area contributed by atoms with E-state index in [4.69, 9.17) is 14.2 Å². The molecule has 22 heavy (non-hydrogen) atoms. The Kier molecular flexibility index (Phi) is 3.67. The first-order chi connectivity index (χ1) is 10.4. The molecule has 5 heteroatoms. The number of alkyl carbamates (subject to hydrolysis) is 1. The number of nitrogens with one attached hydrogen (secondary N) is 1. The molecule has 1 aliphatic carbocycles. The molecule has 0 unspecified atom stereocenters. The second-order valence-electron chi connectivity index (χ2n) is 6.99. The number of rotatable bonds is 3. The van der Waals surface area contributed by atoms with E-state index in [9.17, 15) is 4.79 Å². The molecule has 1 saturated carbocycles. The van der Waals surface area contributed by atoms with Crippen molar-refractivity contribution >= 4 is 6.09 Å². The maximum Gasteiger partial charge on any atom is 0.407 e. The molecule has 1 amide bonds. The van der Waals surface area contributed by atoms with Gasteiger partial charge in [0.05, 0.1) is 0 Å². The van der Waals surface area contributed by atoms with E-state index in [1.54, 1.807) is 0 Å². The Morgan fingerprint density at radius 3 is 2.55 bits per heavy atom. The lowest BCUT2D eigenvalue weighted by molar-refractivity contribution is 0.0522. The summed E-state index contributed by atoms with van der Waals surface area (Å²) >= 11 is 0. The zero-order valence-electron chi connectivity index (χ0n) is 13.4. The van der Waals surface area contributed by atoms with Crippen LogP contribution in [0.15, 0.2) is 18.2 Å². The highest BCUT2D eigenvalue weighted by atomic mass is 16.6. The quantitative estimate of drug-likeness (QED) is 0.932. The van der Waals surface area contributed by atoms with Crippen molar-refractivity contribution in [2.45, 2.75) is 44.6 Å². The summed E-state index contributed by atoms with van der Waals surface area (Å²) in [6.45, 7) is 7.35. The van der Waals surface area contributed by atoms with Gasteiger partial charge in [0.15, 0.2) is 11.5 Å². The number of amides is 1. The molecule has 0 spiro atoms. The van der Waals surface area contributed by atoms with Gasteiger partial charge >= 0.3 is 6.09 Å². The van der Waals surface area contributed by atoms with Crippen LogP contribution in [-0.4, -0.2) is 31.5 Å². The number of carbonyl (C=O) groups excluding carboxylic acids is 1. The highest BCUT2D eigenvalue weighted by Crippen LogP contribution is 2.49. The van der Waals surface area contributed by atoms with Gasteiger partial charge in [-0.05, 0) is 51.3 Å². The summed E-state index contributed by atoms with van der Waals surface area (Å²) in [6.07, 6.45) is 1.75. The van der Waals surface area contributed by atoms with E-state index in [-0.39, 0.29) is 11.5 Å². The molecule has 0 bridgehead atoms. The van der Waals surface area contributed by atoms with Crippen molar-refractivity contribution in [2.24, 2.45) is 0 Å². The third-order valence-corrected chi connectivity index (χ3v) is 3.98. The minimum absolute atomic E-state index is 0.00669. The van der Waals surface area contributed by atoms with Crippen LogP contribution in [-0.2, 0) is 10.2 Å². The molecule has 2 aliphatic rings. The van der Waals surface area contributed by atoms with E-state index in [0.717, 1.165) is 24.3 Å². The largest absolute Gasteiger partial charge is 0.486 e. The highest BCUT2D eigenvalue weighted by Gasteiger charge is 2.45. The second-order valence-corrected chi connectivity index (χ2v) is 6.99. The molecular weight excluding hydrogens is 282 g/mol. The van der Waals surface area contributed by atoms with Gasteiger partial charge in [0.2, 0.25) is 0 Å². The molecule has 1 aliphatic heterocycles. The van der Waals surface area contributed by atoms with E-state index >= 15 is 0 Å². The van der Waals surface area contributed by atoms with Gasteiger partial charge in [0, 0.05) is 12.0 Å². The first-order valence-corrected chi connectivity index (χ1v) is 7.75. The fraction of sp³-hybridized carbons (Fsp3) is 0.588. The maximum atomic E-state index is 11.8. The summed E-state index contributed by atoms with van der Waals surface area (Å²) in [4.78, 5) is 11.8. The molecule has 0 aromatic heterocycles. The highest BCUT2D eigenvalue weighted by molar-refractivity contribution is 5.68. The average Bonchev–Trinajstić information content (AvgIpc) is 3.24. The van der Waals surface area contributed by atoms with E-state index in [0.29, 0.717) is 19.8 Å². The van der Waals surface area contributed by atoms with Gasteiger partial charge in [-0.2, -0.15) is 0 Å². The van der Waals surface area contributed by atoms with Gasteiger partial charge < -0.3 is 19.5 Å². The fourth-order valence-corrected chi connectivity index (χ4v) is 2.65. The Morgan fingerprint density at radius 2 is 1.91 bits per heavy atom. The molecule has 5 nitrogen and oxygen atoms in total. The van der Waals surface area contributed by atoms with Crippen molar-refractivity contribution in [3.8, 4) is 11.5 Å². The monoisotopic (exact) mass is 305 g/mol. The number of benzene rings is 1. The van der Waals surface area contributed by atoms with Gasteiger partial charge in [-0.1, -0.05) is 6.07 Å². The van der Waals surface area contributed by atoms with Crippen LogP contribution in [0.2, 0.25) is 0 Å².